The Balaban J connectivity index is 2.25. The molecular formula is C17H18BrFN2O4S. The van der Waals surface area contributed by atoms with Crippen molar-refractivity contribution in [3.8, 4) is 0 Å². The molecule has 0 bridgehead atoms. The van der Waals surface area contributed by atoms with Gasteiger partial charge in [0, 0.05) is 23.8 Å². The molecule has 0 radical (unpaired) electrons. The van der Waals surface area contributed by atoms with Crippen LogP contribution in [0.5, 0.6) is 0 Å². The van der Waals surface area contributed by atoms with Crippen LogP contribution in [0.2, 0.25) is 0 Å². The zero-order chi connectivity index (χ0) is 19.3. The first-order chi connectivity index (χ1) is 12.2. The number of hydrogen-bond acceptors (Lipinski definition) is 4. The van der Waals surface area contributed by atoms with Crippen molar-refractivity contribution in [1.82, 2.24) is 4.72 Å². The normalized spacial score (nSPS) is 11.4. The summed E-state index contributed by atoms with van der Waals surface area (Å²) in [5.74, 6) is -1.00. The van der Waals surface area contributed by atoms with Gasteiger partial charge in [0.1, 0.15) is 5.82 Å². The summed E-state index contributed by atoms with van der Waals surface area (Å²) in [6, 6.07) is 8.40. The largest absolute Gasteiger partial charge is 0.383 e. The Morgan fingerprint density at radius 3 is 2.62 bits per heavy atom. The van der Waals surface area contributed by atoms with E-state index in [2.05, 4.69) is 26.0 Å². The van der Waals surface area contributed by atoms with E-state index in [9.17, 15) is 17.6 Å². The van der Waals surface area contributed by atoms with Gasteiger partial charge < -0.3 is 10.1 Å². The molecule has 2 N–H and O–H groups in total. The molecular weight excluding hydrogens is 427 g/mol. The molecule has 6 nitrogen and oxygen atoms in total. The second-order valence-corrected chi connectivity index (χ2v) is 8.07. The maximum absolute atomic E-state index is 13.6. The first-order valence-corrected chi connectivity index (χ1v) is 9.88. The maximum atomic E-state index is 13.6. The van der Waals surface area contributed by atoms with Gasteiger partial charge in [0.2, 0.25) is 10.0 Å². The zero-order valence-electron chi connectivity index (χ0n) is 14.2. The highest BCUT2D eigenvalue weighted by molar-refractivity contribution is 9.10. The number of sulfonamides is 1. The SMILES string of the molecule is COCCNS(=O)(=O)c1ccc(Br)c(C(=O)Nc2ccc(C)c(F)c2)c1. The van der Waals surface area contributed by atoms with Gasteiger partial charge in [-0.15, -0.1) is 0 Å². The first-order valence-electron chi connectivity index (χ1n) is 7.60. The highest BCUT2D eigenvalue weighted by atomic mass is 79.9. The van der Waals surface area contributed by atoms with E-state index in [0.717, 1.165) is 0 Å². The Kier molecular flexibility index (Phi) is 6.87. The van der Waals surface area contributed by atoms with Gasteiger partial charge in [-0.25, -0.2) is 17.5 Å². The average molecular weight is 445 g/mol. The molecule has 0 aromatic heterocycles. The van der Waals surface area contributed by atoms with Gasteiger partial charge in [0.05, 0.1) is 17.1 Å². The molecule has 0 saturated heterocycles. The van der Waals surface area contributed by atoms with Crippen LogP contribution in [-0.2, 0) is 14.8 Å². The molecule has 0 atom stereocenters. The van der Waals surface area contributed by atoms with E-state index in [1.165, 1.54) is 31.4 Å². The van der Waals surface area contributed by atoms with E-state index in [1.807, 2.05) is 0 Å². The maximum Gasteiger partial charge on any atom is 0.256 e. The van der Waals surface area contributed by atoms with Crippen molar-refractivity contribution in [3.05, 3.63) is 57.8 Å². The van der Waals surface area contributed by atoms with E-state index >= 15 is 0 Å². The molecule has 0 spiro atoms. The number of hydrogen-bond donors (Lipinski definition) is 2. The van der Waals surface area contributed by atoms with Crippen LogP contribution < -0.4 is 10.0 Å². The predicted octanol–water partition coefficient (Wildman–Crippen LogP) is 3.07. The topological polar surface area (TPSA) is 84.5 Å². The summed E-state index contributed by atoms with van der Waals surface area (Å²) in [6.45, 7) is 1.95. The Bertz CT molecular complexity index is 919. The fraction of sp³-hybridized carbons (Fsp3) is 0.235. The van der Waals surface area contributed by atoms with Crippen LogP contribution in [0.3, 0.4) is 0 Å². The molecule has 2 aromatic rings. The van der Waals surface area contributed by atoms with Crippen molar-refractivity contribution in [1.29, 1.82) is 0 Å². The Morgan fingerprint density at radius 2 is 1.96 bits per heavy atom. The first kappa shape index (κ1) is 20.5. The van der Waals surface area contributed by atoms with E-state index < -0.39 is 21.7 Å². The van der Waals surface area contributed by atoms with Gasteiger partial charge in [-0.2, -0.15) is 0 Å². The molecule has 0 unspecified atom stereocenters. The van der Waals surface area contributed by atoms with E-state index in [1.54, 1.807) is 19.1 Å². The lowest BCUT2D eigenvalue weighted by Gasteiger charge is -2.11. The zero-order valence-corrected chi connectivity index (χ0v) is 16.6. The van der Waals surface area contributed by atoms with Gasteiger partial charge in [-0.1, -0.05) is 6.07 Å². The number of carbonyl (C=O) groups excluding carboxylic acids is 1. The number of carbonyl (C=O) groups is 1. The molecule has 2 aromatic carbocycles. The van der Waals surface area contributed by atoms with Crippen molar-refractivity contribution in [3.63, 3.8) is 0 Å². The van der Waals surface area contributed by atoms with Crippen LogP contribution in [0, 0.1) is 12.7 Å². The molecule has 0 saturated carbocycles. The fourth-order valence-corrected chi connectivity index (χ4v) is 3.54. The third-order valence-corrected chi connectivity index (χ3v) is 5.67. The standard InChI is InChI=1S/C17H18BrFN2O4S/c1-11-3-4-12(9-16(11)19)21-17(22)14-10-13(5-6-15(14)18)26(23,24)20-7-8-25-2/h3-6,9-10,20H,7-8H2,1-2H3,(H,21,22). The van der Waals surface area contributed by atoms with Crippen molar-refractivity contribution >= 4 is 37.5 Å². The van der Waals surface area contributed by atoms with Crippen molar-refractivity contribution in [2.75, 3.05) is 25.6 Å². The minimum atomic E-state index is -3.78. The number of rotatable bonds is 7. The summed E-state index contributed by atoms with van der Waals surface area (Å²) < 4.78 is 45.8. The van der Waals surface area contributed by atoms with Crippen LogP contribution in [0.15, 0.2) is 45.8 Å². The smallest absolute Gasteiger partial charge is 0.256 e. The van der Waals surface area contributed by atoms with Crippen molar-refractivity contribution in [2.24, 2.45) is 0 Å². The second kappa shape index (κ2) is 8.72. The number of methoxy groups -OCH3 is 1. The van der Waals surface area contributed by atoms with Gasteiger partial charge in [-0.05, 0) is 58.7 Å². The summed E-state index contributed by atoms with van der Waals surface area (Å²) in [7, 11) is -2.32. The van der Waals surface area contributed by atoms with E-state index in [0.29, 0.717) is 10.0 Å². The Labute approximate surface area is 159 Å². The number of amides is 1. The van der Waals surface area contributed by atoms with Gasteiger partial charge in [-0.3, -0.25) is 4.79 Å². The quantitative estimate of drug-likeness (QED) is 0.642. The molecule has 2 rings (SSSR count). The Hall–Kier alpha value is -1.81. The average Bonchev–Trinajstić information content (AvgIpc) is 2.58. The monoisotopic (exact) mass is 444 g/mol. The summed E-state index contributed by atoms with van der Waals surface area (Å²) in [6.07, 6.45) is 0. The Morgan fingerprint density at radius 1 is 1.23 bits per heavy atom. The lowest BCUT2D eigenvalue weighted by molar-refractivity contribution is 0.102. The molecule has 140 valence electrons. The summed E-state index contributed by atoms with van der Waals surface area (Å²) >= 11 is 3.23. The molecule has 9 heteroatoms. The van der Waals surface area contributed by atoms with E-state index in [4.69, 9.17) is 4.74 Å². The lowest BCUT2D eigenvalue weighted by Crippen LogP contribution is -2.27. The van der Waals surface area contributed by atoms with Gasteiger partial charge in [0.25, 0.3) is 5.91 Å². The molecule has 0 aliphatic carbocycles. The van der Waals surface area contributed by atoms with Crippen LogP contribution in [0.4, 0.5) is 10.1 Å². The minimum absolute atomic E-state index is 0.0583. The van der Waals surface area contributed by atoms with Crippen LogP contribution in [0.25, 0.3) is 0 Å². The van der Waals surface area contributed by atoms with Crippen LogP contribution in [-0.4, -0.2) is 34.6 Å². The second-order valence-electron chi connectivity index (χ2n) is 5.45. The lowest BCUT2D eigenvalue weighted by atomic mass is 10.2. The summed E-state index contributed by atoms with van der Waals surface area (Å²) in [5.41, 5.74) is 0.844. The summed E-state index contributed by atoms with van der Waals surface area (Å²) in [5, 5.41) is 2.55. The molecule has 0 aliphatic heterocycles. The minimum Gasteiger partial charge on any atom is -0.383 e. The van der Waals surface area contributed by atoms with Gasteiger partial charge in [0.15, 0.2) is 0 Å². The highest BCUT2D eigenvalue weighted by Gasteiger charge is 2.18. The number of benzene rings is 2. The number of ether oxygens (including phenoxy) is 1. The van der Waals surface area contributed by atoms with Crippen LogP contribution >= 0.6 is 15.9 Å². The third kappa shape index (κ3) is 5.10. The fourth-order valence-electron chi connectivity index (χ4n) is 2.08. The molecule has 1 amide bonds. The van der Waals surface area contributed by atoms with Gasteiger partial charge >= 0.3 is 0 Å². The van der Waals surface area contributed by atoms with Crippen LogP contribution in [0.1, 0.15) is 15.9 Å². The molecule has 0 aliphatic rings. The molecule has 0 fully saturated rings. The van der Waals surface area contributed by atoms with Crippen molar-refractivity contribution < 1.29 is 22.3 Å². The molecule has 0 heterocycles. The summed E-state index contributed by atoms with van der Waals surface area (Å²) in [4.78, 5) is 12.4. The van der Waals surface area contributed by atoms with E-state index in [-0.39, 0.29) is 29.3 Å². The highest BCUT2D eigenvalue weighted by Crippen LogP contribution is 2.23. The number of halogens is 2. The third-order valence-electron chi connectivity index (χ3n) is 3.52. The predicted molar refractivity (Wildman–Crippen MR) is 100 cm³/mol. The number of nitrogens with one attached hydrogen (secondary N) is 2. The number of anilines is 1. The van der Waals surface area contributed by atoms with Crippen molar-refractivity contribution in [2.45, 2.75) is 11.8 Å². The number of aryl methyl sites for hydroxylation is 1. The molecule has 26 heavy (non-hydrogen) atoms.